The molecule has 0 heterocycles. The van der Waals surface area contributed by atoms with E-state index < -0.39 is 7.60 Å². The lowest BCUT2D eigenvalue weighted by atomic mass is 10.0. The molecule has 0 fully saturated rings. The van der Waals surface area contributed by atoms with E-state index in [-0.39, 0.29) is 18.4 Å². The smallest absolute Gasteiger partial charge is 0.330 e. The highest BCUT2D eigenvalue weighted by Crippen LogP contribution is 2.48. The average Bonchev–Trinajstić information content (AvgIpc) is 2.89. The monoisotopic (exact) mass is 597 g/mol. The maximum Gasteiger partial charge on any atom is 0.330 e. The van der Waals surface area contributed by atoms with Crippen molar-refractivity contribution in [2.24, 2.45) is 5.73 Å². The number of ether oxygens (including phenoxy) is 1. The first kappa shape index (κ1) is 32.7. The van der Waals surface area contributed by atoms with Gasteiger partial charge < -0.3 is 19.5 Å². The maximum absolute atomic E-state index is 12.6. The van der Waals surface area contributed by atoms with Crippen LogP contribution in [0.25, 0.3) is 0 Å². The third kappa shape index (κ3) is 11.3. The summed E-state index contributed by atoms with van der Waals surface area (Å²) in [5, 5.41) is 0.757. The Kier molecular flexibility index (Phi) is 14.8. The first-order valence-electron chi connectivity index (χ1n) is 12.8. The van der Waals surface area contributed by atoms with Crippen molar-refractivity contribution in [2.45, 2.75) is 62.0 Å². The highest BCUT2D eigenvalue weighted by molar-refractivity contribution is 7.99. The predicted molar refractivity (Wildman–Crippen MR) is 161 cm³/mol. The van der Waals surface area contributed by atoms with Gasteiger partial charge in [-0.25, -0.2) is 0 Å². The summed E-state index contributed by atoms with van der Waals surface area (Å²) in [5.74, 6) is 0.840. The van der Waals surface area contributed by atoms with Crippen molar-refractivity contribution in [3.8, 4) is 5.75 Å². The van der Waals surface area contributed by atoms with Crippen LogP contribution in [0, 0.1) is 0 Å². The maximum atomic E-state index is 12.6. The Labute approximate surface area is 242 Å². The Bertz CT molecular complexity index is 1140. The molecule has 3 aromatic rings. The lowest BCUT2D eigenvalue weighted by Crippen LogP contribution is -2.22. The van der Waals surface area contributed by atoms with Crippen LogP contribution in [0.1, 0.15) is 44.2 Å². The summed E-state index contributed by atoms with van der Waals surface area (Å²) in [5.41, 5.74) is 8.52. The van der Waals surface area contributed by atoms with Crippen LogP contribution < -0.4 is 10.5 Å². The van der Waals surface area contributed by atoms with Gasteiger partial charge in [0.2, 0.25) is 0 Å². The summed E-state index contributed by atoms with van der Waals surface area (Å²) >= 11 is 8.27. The normalized spacial score (nSPS) is 12.1. The van der Waals surface area contributed by atoms with Crippen molar-refractivity contribution < 1.29 is 18.3 Å². The molecule has 3 rings (SSSR count). The van der Waals surface area contributed by atoms with Crippen LogP contribution in [-0.4, -0.2) is 25.4 Å². The first-order valence-corrected chi connectivity index (χ1v) is 15.7. The zero-order chi connectivity index (χ0) is 26.5. The van der Waals surface area contributed by atoms with Crippen LogP contribution in [-0.2, 0) is 26.6 Å². The summed E-state index contributed by atoms with van der Waals surface area (Å²) in [7, 11) is -3.04. The van der Waals surface area contributed by atoms with Gasteiger partial charge in [-0.1, -0.05) is 65.8 Å². The third-order valence-corrected chi connectivity index (χ3v) is 9.20. The minimum Gasteiger partial charge on any atom is -0.489 e. The molecule has 1 unspecified atom stereocenters. The molecule has 0 saturated heterocycles. The number of rotatable bonds is 16. The van der Waals surface area contributed by atoms with Crippen molar-refractivity contribution in [3.05, 3.63) is 88.9 Å². The van der Waals surface area contributed by atoms with Crippen LogP contribution in [0.3, 0.4) is 0 Å². The van der Waals surface area contributed by atoms with Crippen LogP contribution in [0.2, 0.25) is 5.02 Å². The Hall–Kier alpha value is -1.50. The van der Waals surface area contributed by atoms with Crippen molar-refractivity contribution in [1.29, 1.82) is 0 Å². The molecule has 0 aliphatic carbocycles. The number of hydrogen-bond acceptors (Lipinski definition) is 6. The van der Waals surface area contributed by atoms with Gasteiger partial charge in [0.25, 0.3) is 0 Å². The third-order valence-electron chi connectivity index (χ3n) is 5.76. The quantitative estimate of drug-likeness (QED) is 0.166. The Morgan fingerprint density at radius 1 is 0.921 bits per heavy atom. The highest BCUT2D eigenvalue weighted by atomic mass is 35.5. The topological polar surface area (TPSA) is 70.8 Å². The van der Waals surface area contributed by atoms with E-state index in [1.807, 2.05) is 56.3 Å². The molecule has 5 nitrogen and oxygen atoms in total. The van der Waals surface area contributed by atoms with E-state index in [1.54, 1.807) is 11.8 Å². The van der Waals surface area contributed by atoms with Gasteiger partial charge in [0.1, 0.15) is 12.4 Å². The van der Waals surface area contributed by atoms with Gasteiger partial charge in [-0.2, -0.15) is 0 Å². The largest absolute Gasteiger partial charge is 0.489 e. The van der Waals surface area contributed by atoms with Crippen LogP contribution in [0.4, 0.5) is 0 Å². The number of aryl methyl sites for hydroxylation is 1. The molecule has 0 saturated carbocycles. The molecule has 3 aromatic carbocycles. The van der Waals surface area contributed by atoms with E-state index in [1.165, 1.54) is 0 Å². The fourth-order valence-electron chi connectivity index (χ4n) is 3.88. The average molecular weight is 599 g/mol. The summed E-state index contributed by atoms with van der Waals surface area (Å²) in [6.07, 6.45) is 3.52. The minimum absolute atomic E-state index is 0. The van der Waals surface area contributed by atoms with Crippen molar-refractivity contribution in [1.82, 2.24) is 0 Å². The molecule has 2 N–H and O–H groups in total. The molecule has 0 amide bonds. The molecule has 208 valence electrons. The molecular formula is C29H38Cl2NO4PS. The predicted octanol–water partition coefficient (Wildman–Crippen LogP) is 8.80. The van der Waals surface area contributed by atoms with E-state index in [9.17, 15) is 4.57 Å². The number of benzene rings is 3. The van der Waals surface area contributed by atoms with Crippen LogP contribution >= 0.6 is 43.4 Å². The van der Waals surface area contributed by atoms with Gasteiger partial charge >= 0.3 is 7.60 Å². The standard InChI is InChI=1S/C29H37ClNO4PS.ClH/c1-3-34-36(32,35-4-2)19-18-25(31)13-8-12-24-16-17-28(21-29(24)30)37-27-15-9-14-26(20-27)33-22-23-10-6-5-7-11-23;/h5-7,9-11,14-17,20-21,25H,3-4,8,12-13,18-19,22,31H2,1-2H3;1H. The summed E-state index contributed by atoms with van der Waals surface area (Å²) in [6.45, 7) is 4.91. The molecule has 38 heavy (non-hydrogen) atoms. The minimum atomic E-state index is -3.04. The van der Waals surface area contributed by atoms with Crippen molar-refractivity contribution in [3.63, 3.8) is 0 Å². The van der Waals surface area contributed by atoms with Crippen LogP contribution in [0.5, 0.6) is 5.75 Å². The second-order valence-electron chi connectivity index (χ2n) is 8.72. The fraction of sp³-hybridized carbons (Fsp3) is 0.379. The molecule has 0 spiro atoms. The van der Waals surface area contributed by atoms with E-state index in [0.29, 0.717) is 32.4 Å². The number of halogens is 2. The van der Waals surface area contributed by atoms with Crippen molar-refractivity contribution >= 4 is 43.4 Å². The van der Waals surface area contributed by atoms with Gasteiger partial charge in [0.05, 0.1) is 19.4 Å². The first-order chi connectivity index (χ1) is 17.9. The molecule has 0 aliphatic heterocycles. The molecule has 0 aromatic heterocycles. The van der Waals surface area contributed by atoms with Gasteiger partial charge in [-0.15, -0.1) is 12.4 Å². The molecule has 9 heteroatoms. The van der Waals surface area contributed by atoms with Crippen molar-refractivity contribution in [2.75, 3.05) is 19.4 Å². The van der Waals surface area contributed by atoms with Crippen LogP contribution in [0.15, 0.2) is 82.6 Å². The van der Waals surface area contributed by atoms with Gasteiger partial charge in [-0.05, 0) is 81.0 Å². The van der Waals surface area contributed by atoms with E-state index in [0.717, 1.165) is 51.0 Å². The van der Waals surface area contributed by atoms with E-state index in [4.69, 9.17) is 31.1 Å². The summed E-state index contributed by atoms with van der Waals surface area (Å²) in [4.78, 5) is 2.17. The number of hydrogen-bond donors (Lipinski definition) is 1. The summed E-state index contributed by atoms with van der Waals surface area (Å²) < 4.78 is 29.3. The molecule has 0 aliphatic rings. The highest BCUT2D eigenvalue weighted by Gasteiger charge is 2.24. The molecular weight excluding hydrogens is 560 g/mol. The van der Waals surface area contributed by atoms with Gasteiger partial charge in [0, 0.05) is 20.9 Å². The van der Waals surface area contributed by atoms with Gasteiger partial charge in [0.15, 0.2) is 0 Å². The summed E-state index contributed by atoms with van der Waals surface area (Å²) in [6, 6.07) is 24.4. The molecule has 1 atom stereocenters. The van der Waals surface area contributed by atoms with Gasteiger partial charge in [-0.3, -0.25) is 4.57 Å². The lowest BCUT2D eigenvalue weighted by molar-refractivity contribution is 0.219. The Balaban J connectivity index is 0.00000507. The number of nitrogens with two attached hydrogens (primary N) is 1. The second kappa shape index (κ2) is 17.2. The zero-order valence-electron chi connectivity index (χ0n) is 22.0. The Morgan fingerprint density at radius 3 is 2.32 bits per heavy atom. The van der Waals surface area contributed by atoms with E-state index >= 15 is 0 Å². The SMILES string of the molecule is CCOP(=O)(CCC(N)CCCc1ccc(Sc2cccc(OCc3ccccc3)c2)cc1Cl)OCC.Cl. The lowest BCUT2D eigenvalue weighted by Gasteiger charge is -2.19. The second-order valence-corrected chi connectivity index (χ2v) is 12.5. The molecule has 0 bridgehead atoms. The molecule has 0 radical (unpaired) electrons. The zero-order valence-corrected chi connectivity index (χ0v) is 25.3. The Morgan fingerprint density at radius 2 is 1.63 bits per heavy atom. The van der Waals surface area contributed by atoms with E-state index in [2.05, 4.69) is 30.3 Å². The fourth-order valence-corrected chi connectivity index (χ4v) is 6.90.